The topological polar surface area (TPSA) is 55.4 Å². The molecular formula is C18H29NO3Si. The van der Waals surface area contributed by atoms with Crippen LogP contribution in [-0.2, 0) is 9.53 Å². The number of amides is 1. The first-order valence-electron chi connectivity index (χ1n) is 8.04. The van der Waals surface area contributed by atoms with E-state index in [0.717, 1.165) is 5.19 Å². The van der Waals surface area contributed by atoms with E-state index in [1.54, 1.807) is 20.8 Å². The lowest BCUT2D eigenvalue weighted by Crippen LogP contribution is -2.60. The summed E-state index contributed by atoms with van der Waals surface area (Å²) >= 11 is 0. The Morgan fingerprint density at radius 3 is 2.04 bits per heavy atom. The van der Waals surface area contributed by atoms with Crippen LogP contribution in [0.4, 0.5) is 4.79 Å². The maximum atomic E-state index is 13.1. The number of carbonyl (C=O) groups excluding carboxylic acids is 2. The second-order valence-electron chi connectivity index (χ2n) is 7.72. The molecule has 128 valence electrons. The average molecular weight is 336 g/mol. The fourth-order valence-corrected chi connectivity index (χ4v) is 4.85. The summed E-state index contributed by atoms with van der Waals surface area (Å²) in [6.45, 7) is 13.3. The fourth-order valence-electron chi connectivity index (χ4n) is 2.36. The zero-order valence-electron chi connectivity index (χ0n) is 15.3. The molecule has 1 rings (SSSR count). The van der Waals surface area contributed by atoms with E-state index >= 15 is 0 Å². The van der Waals surface area contributed by atoms with Gasteiger partial charge in [-0.25, -0.2) is 4.79 Å². The van der Waals surface area contributed by atoms with Crippen molar-refractivity contribution in [2.24, 2.45) is 5.92 Å². The Morgan fingerprint density at radius 2 is 1.61 bits per heavy atom. The summed E-state index contributed by atoms with van der Waals surface area (Å²) < 4.78 is 5.30. The molecule has 1 amide bonds. The highest BCUT2D eigenvalue weighted by Crippen LogP contribution is 2.15. The summed E-state index contributed by atoms with van der Waals surface area (Å²) in [5.41, 5.74) is -0.582. The van der Waals surface area contributed by atoms with E-state index in [1.807, 2.05) is 57.3 Å². The highest BCUT2D eigenvalue weighted by atomic mass is 28.3. The number of carbonyl (C=O) groups is 2. The third-order valence-electron chi connectivity index (χ3n) is 3.73. The molecule has 0 spiro atoms. The van der Waals surface area contributed by atoms with Gasteiger partial charge in [-0.2, -0.15) is 0 Å². The molecule has 23 heavy (non-hydrogen) atoms. The van der Waals surface area contributed by atoms with Crippen LogP contribution in [-0.4, -0.2) is 31.2 Å². The Bertz CT molecular complexity index is 547. The van der Waals surface area contributed by atoms with Crippen molar-refractivity contribution in [3.8, 4) is 0 Å². The maximum absolute atomic E-state index is 13.1. The van der Waals surface area contributed by atoms with E-state index in [1.165, 1.54) is 0 Å². The molecule has 0 radical (unpaired) electrons. The van der Waals surface area contributed by atoms with Gasteiger partial charge in [0.25, 0.3) is 0 Å². The summed E-state index contributed by atoms with van der Waals surface area (Å²) in [6.07, 6.45) is -0.539. The summed E-state index contributed by atoms with van der Waals surface area (Å²) in [4.78, 5) is 25.2. The smallest absolute Gasteiger partial charge is 0.408 e. The minimum atomic E-state index is -2.34. The second kappa shape index (κ2) is 7.30. The molecule has 0 fully saturated rings. The SMILES string of the molecule is CC(C)[C@@H](NC(=O)OC(C)(C)C)C(=O)[Si](C)(C)c1ccccc1. The molecule has 0 bridgehead atoms. The molecule has 0 heterocycles. The van der Waals surface area contributed by atoms with Gasteiger partial charge in [0.1, 0.15) is 11.0 Å². The van der Waals surface area contributed by atoms with Crippen molar-refractivity contribution in [2.75, 3.05) is 0 Å². The molecule has 1 N–H and O–H groups in total. The van der Waals surface area contributed by atoms with Crippen molar-refractivity contribution in [3.05, 3.63) is 30.3 Å². The molecule has 1 atom stereocenters. The van der Waals surface area contributed by atoms with Crippen LogP contribution in [0.3, 0.4) is 0 Å². The number of benzene rings is 1. The molecule has 1 aromatic rings. The Balaban J connectivity index is 2.97. The summed E-state index contributed by atoms with van der Waals surface area (Å²) in [5, 5.41) is 3.96. The van der Waals surface area contributed by atoms with Gasteiger partial charge in [-0.15, -0.1) is 0 Å². The zero-order valence-corrected chi connectivity index (χ0v) is 16.3. The van der Waals surface area contributed by atoms with E-state index in [2.05, 4.69) is 5.32 Å². The van der Waals surface area contributed by atoms with E-state index < -0.39 is 25.8 Å². The molecular weight excluding hydrogens is 306 g/mol. The number of nitrogens with one attached hydrogen (secondary N) is 1. The van der Waals surface area contributed by atoms with Crippen molar-refractivity contribution in [1.82, 2.24) is 5.32 Å². The van der Waals surface area contributed by atoms with Crippen molar-refractivity contribution in [1.29, 1.82) is 0 Å². The number of hydrogen-bond acceptors (Lipinski definition) is 3. The Kier molecular flexibility index (Phi) is 6.16. The van der Waals surface area contributed by atoms with Gasteiger partial charge < -0.3 is 14.8 Å². The first kappa shape index (κ1) is 19.4. The lowest BCUT2D eigenvalue weighted by Gasteiger charge is -2.30. The summed E-state index contributed by atoms with van der Waals surface area (Å²) in [6, 6.07) is 9.29. The largest absolute Gasteiger partial charge is 0.444 e. The predicted octanol–water partition coefficient (Wildman–Crippen LogP) is 3.26. The number of ether oxygens (including phenoxy) is 1. The third-order valence-corrected chi connectivity index (χ3v) is 7.05. The Hall–Kier alpha value is -1.62. The molecule has 0 unspecified atom stereocenters. The van der Waals surface area contributed by atoms with Crippen molar-refractivity contribution in [2.45, 2.75) is 59.4 Å². The first-order valence-corrected chi connectivity index (χ1v) is 11.0. The van der Waals surface area contributed by atoms with Gasteiger partial charge in [0.2, 0.25) is 0 Å². The van der Waals surface area contributed by atoms with Gasteiger partial charge in [0, 0.05) is 0 Å². The number of alkyl carbamates (subject to hydrolysis) is 1. The van der Waals surface area contributed by atoms with Crippen LogP contribution in [0.2, 0.25) is 13.1 Å². The monoisotopic (exact) mass is 335 g/mol. The van der Waals surface area contributed by atoms with Crippen LogP contribution in [0.5, 0.6) is 0 Å². The van der Waals surface area contributed by atoms with Gasteiger partial charge in [-0.3, -0.25) is 0 Å². The van der Waals surface area contributed by atoms with E-state index in [4.69, 9.17) is 4.74 Å². The molecule has 0 aromatic heterocycles. The van der Waals surface area contributed by atoms with Gasteiger partial charge >= 0.3 is 6.09 Å². The minimum absolute atomic E-state index is 0.00510. The third kappa shape index (κ3) is 5.50. The van der Waals surface area contributed by atoms with Crippen LogP contribution < -0.4 is 10.5 Å². The maximum Gasteiger partial charge on any atom is 0.408 e. The number of rotatable bonds is 5. The van der Waals surface area contributed by atoms with Gasteiger partial charge in [0.05, 0.1) is 6.04 Å². The van der Waals surface area contributed by atoms with Crippen LogP contribution in [0.15, 0.2) is 30.3 Å². The minimum Gasteiger partial charge on any atom is -0.444 e. The standard InChI is InChI=1S/C18H29NO3Si/c1-13(2)15(19-17(21)22-18(3,4)5)16(20)23(6,7)14-11-9-8-10-12-14/h8-13,15H,1-7H3,(H,19,21)/t15-/m1/s1. The predicted molar refractivity (Wildman–Crippen MR) is 96.6 cm³/mol. The highest BCUT2D eigenvalue weighted by Gasteiger charge is 2.39. The van der Waals surface area contributed by atoms with Gasteiger partial charge in [-0.05, 0) is 26.7 Å². The van der Waals surface area contributed by atoms with Gasteiger partial charge in [-0.1, -0.05) is 62.5 Å². The Morgan fingerprint density at radius 1 is 1.09 bits per heavy atom. The Labute approximate surface area is 140 Å². The summed E-state index contributed by atoms with van der Waals surface area (Å²) in [7, 11) is -2.34. The lowest BCUT2D eigenvalue weighted by atomic mass is 10.1. The fraction of sp³-hybridized carbons (Fsp3) is 0.556. The van der Waals surface area contributed by atoms with Crippen LogP contribution in [0.1, 0.15) is 34.6 Å². The molecule has 0 aliphatic carbocycles. The van der Waals surface area contributed by atoms with Crippen molar-refractivity contribution < 1.29 is 14.3 Å². The highest BCUT2D eigenvalue weighted by molar-refractivity contribution is 7.13. The molecule has 0 aliphatic heterocycles. The second-order valence-corrected chi connectivity index (χ2v) is 12.0. The molecule has 0 aliphatic rings. The molecule has 1 aromatic carbocycles. The van der Waals surface area contributed by atoms with Crippen LogP contribution in [0.25, 0.3) is 0 Å². The van der Waals surface area contributed by atoms with Crippen LogP contribution in [0, 0.1) is 5.92 Å². The molecule has 0 saturated heterocycles. The normalized spacial score (nSPS) is 13.6. The quantitative estimate of drug-likeness (QED) is 0.840. The van der Waals surface area contributed by atoms with E-state index in [-0.39, 0.29) is 11.3 Å². The summed E-state index contributed by atoms with van der Waals surface area (Å²) in [5.74, 6) is 0.00510. The number of hydrogen-bond donors (Lipinski definition) is 1. The zero-order chi connectivity index (χ0) is 17.8. The molecule has 5 heteroatoms. The van der Waals surface area contributed by atoms with Crippen molar-refractivity contribution in [3.63, 3.8) is 0 Å². The van der Waals surface area contributed by atoms with E-state index in [9.17, 15) is 9.59 Å². The molecule has 4 nitrogen and oxygen atoms in total. The van der Waals surface area contributed by atoms with E-state index in [0.29, 0.717) is 0 Å². The van der Waals surface area contributed by atoms with Gasteiger partial charge in [0.15, 0.2) is 8.07 Å². The molecule has 0 saturated carbocycles. The lowest BCUT2D eigenvalue weighted by molar-refractivity contribution is -0.115. The average Bonchev–Trinajstić information content (AvgIpc) is 2.42. The first-order chi connectivity index (χ1) is 10.4. The van der Waals surface area contributed by atoms with Crippen molar-refractivity contribution >= 4 is 24.8 Å². The van der Waals surface area contributed by atoms with Crippen LogP contribution >= 0.6 is 0 Å².